The van der Waals surface area contributed by atoms with Gasteiger partial charge >= 0.3 is 0 Å². The molecular formula is C17H24N4O3. The van der Waals surface area contributed by atoms with Crippen LogP contribution in [0.2, 0.25) is 0 Å². The Hall–Kier alpha value is -2.41. The van der Waals surface area contributed by atoms with Crippen LogP contribution in [0.15, 0.2) is 29.1 Å². The highest BCUT2D eigenvalue weighted by Crippen LogP contribution is 2.13. The van der Waals surface area contributed by atoms with Gasteiger partial charge in [-0.25, -0.2) is 4.98 Å². The Morgan fingerprint density at radius 2 is 2.08 bits per heavy atom. The zero-order valence-corrected chi connectivity index (χ0v) is 14.4. The van der Waals surface area contributed by atoms with Gasteiger partial charge in [-0.15, -0.1) is 0 Å². The standard InChI is InChI=1S/C17H24N4O3/c1-20(2)16-17(23)21(14-8-5-4-7-13(14)19-16)11-9-15(22)18-10-6-12-24-3/h4-5,7-8H,6,9-12H2,1-3H3,(H,18,22). The minimum atomic E-state index is -0.189. The lowest BCUT2D eigenvalue weighted by atomic mass is 10.2. The van der Waals surface area contributed by atoms with E-state index < -0.39 is 0 Å². The molecule has 1 aromatic heterocycles. The van der Waals surface area contributed by atoms with Crippen molar-refractivity contribution in [1.29, 1.82) is 0 Å². The summed E-state index contributed by atoms with van der Waals surface area (Å²) in [5, 5.41) is 2.83. The Labute approximate surface area is 141 Å². The predicted molar refractivity (Wildman–Crippen MR) is 94.4 cm³/mol. The van der Waals surface area contributed by atoms with Gasteiger partial charge in [0.05, 0.1) is 11.0 Å². The van der Waals surface area contributed by atoms with E-state index in [-0.39, 0.29) is 17.9 Å². The van der Waals surface area contributed by atoms with E-state index in [1.165, 1.54) is 0 Å². The third-order valence-corrected chi connectivity index (χ3v) is 3.67. The average molecular weight is 332 g/mol. The van der Waals surface area contributed by atoms with Crippen molar-refractivity contribution in [2.24, 2.45) is 0 Å². The molecule has 0 aliphatic heterocycles. The number of hydrogen-bond acceptors (Lipinski definition) is 5. The molecule has 0 aliphatic carbocycles. The number of methoxy groups -OCH3 is 1. The number of amides is 1. The van der Waals surface area contributed by atoms with E-state index in [4.69, 9.17) is 4.74 Å². The number of carbonyl (C=O) groups excluding carboxylic acids is 1. The Bertz CT molecular complexity index is 755. The number of ether oxygens (including phenoxy) is 1. The lowest BCUT2D eigenvalue weighted by molar-refractivity contribution is -0.121. The van der Waals surface area contributed by atoms with Crippen molar-refractivity contribution in [2.75, 3.05) is 39.3 Å². The first-order valence-corrected chi connectivity index (χ1v) is 7.97. The summed E-state index contributed by atoms with van der Waals surface area (Å²) in [6.07, 6.45) is 1.01. The summed E-state index contributed by atoms with van der Waals surface area (Å²) < 4.78 is 6.56. The van der Waals surface area contributed by atoms with E-state index in [1.54, 1.807) is 30.7 Å². The van der Waals surface area contributed by atoms with Crippen molar-refractivity contribution in [1.82, 2.24) is 14.9 Å². The molecule has 0 spiro atoms. The first-order valence-electron chi connectivity index (χ1n) is 7.97. The molecule has 2 rings (SSSR count). The normalized spacial score (nSPS) is 10.8. The molecule has 0 radical (unpaired) electrons. The average Bonchev–Trinajstić information content (AvgIpc) is 2.57. The first kappa shape index (κ1) is 17.9. The lowest BCUT2D eigenvalue weighted by Crippen LogP contribution is -2.31. The van der Waals surface area contributed by atoms with E-state index in [2.05, 4.69) is 10.3 Å². The van der Waals surface area contributed by atoms with Crippen molar-refractivity contribution in [3.05, 3.63) is 34.6 Å². The van der Waals surface area contributed by atoms with Gasteiger partial charge in [0.1, 0.15) is 0 Å². The number of aryl methyl sites for hydroxylation is 1. The molecule has 130 valence electrons. The van der Waals surface area contributed by atoms with Crippen molar-refractivity contribution in [2.45, 2.75) is 19.4 Å². The Morgan fingerprint density at radius 3 is 2.79 bits per heavy atom. The summed E-state index contributed by atoms with van der Waals surface area (Å²) in [6.45, 7) is 1.50. The molecule has 24 heavy (non-hydrogen) atoms. The van der Waals surface area contributed by atoms with E-state index in [0.717, 1.165) is 17.5 Å². The second kappa shape index (κ2) is 8.44. The number of anilines is 1. The van der Waals surface area contributed by atoms with Crippen LogP contribution in [0.1, 0.15) is 12.8 Å². The van der Waals surface area contributed by atoms with Crippen molar-refractivity contribution >= 4 is 22.8 Å². The summed E-state index contributed by atoms with van der Waals surface area (Å²) in [4.78, 5) is 30.7. The zero-order valence-electron chi connectivity index (χ0n) is 14.4. The fourth-order valence-electron chi connectivity index (χ4n) is 2.44. The topological polar surface area (TPSA) is 76.5 Å². The van der Waals surface area contributed by atoms with Gasteiger partial charge in [0.25, 0.3) is 5.56 Å². The number of rotatable bonds is 8. The van der Waals surface area contributed by atoms with Crippen LogP contribution in [0, 0.1) is 0 Å². The number of hydrogen-bond donors (Lipinski definition) is 1. The van der Waals surface area contributed by atoms with Crippen molar-refractivity contribution < 1.29 is 9.53 Å². The number of fused-ring (bicyclic) bond motifs is 1. The highest BCUT2D eigenvalue weighted by Gasteiger charge is 2.13. The largest absolute Gasteiger partial charge is 0.385 e. The highest BCUT2D eigenvalue weighted by molar-refractivity contribution is 5.78. The number of para-hydroxylation sites is 2. The molecule has 0 aliphatic rings. The summed E-state index contributed by atoms with van der Waals surface area (Å²) in [5.74, 6) is 0.291. The Kier molecular flexibility index (Phi) is 6.31. The molecular weight excluding hydrogens is 308 g/mol. The van der Waals surface area contributed by atoms with Gasteiger partial charge in [-0.1, -0.05) is 12.1 Å². The van der Waals surface area contributed by atoms with Crippen LogP contribution in [0.3, 0.4) is 0 Å². The predicted octanol–water partition coefficient (Wildman–Crippen LogP) is 1.01. The van der Waals surface area contributed by atoms with Gasteiger partial charge in [-0.05, 0) is 18.6 Å². The minimum absolute atomic E-state index is 0.0784. The molecule has 7 heteroatoms. The van der Waals surface area contributed by atoms with Crippen LogP contribution in [-0.4, -0.2) is 49.8 Å². The third-order valence-electron chi connectivity index (χ3n) is 3.67. The smallest absolute Gasteiger partial charge is 0.293 e. The SMILES string of the molecule is COCCCNC(=O)CCn1c(=O)c(N(C)C)nc2ccccc21. The lowest BCUT2D eigenvalue weighted by Gasteiger charge is -2.16. The van der Waals surface area contributed by atoms with Crippen molar-refractivity contribution in [3.63, 3.8) is 0 Å². The molecule has 1 amide bonds. The van der Waals surface area contributed by atoms with Gasteiger partial charge in [-0.3, -0.25) is 9.59 Å². The first-order chi connectivity index (χ1) is 11.5. The maximum absolute atomic E-state index is 12.6. The molecule has 0 saturated heterocycles. The van der Waals surface area contributed by atoms with Crippen LogP contribution in [-0.2, 0) is 16.1 Å². The van der Waals surface area contributed by atoms with Gasteiger partial charge in [-0.2, -0.15) is 0 Å². The quantitative estimate of drug-likeness (QED) is 0.730. The van der Waals surface area contributed by atoms with Gasteiger partial charge in [0, 0.05) is 47.3 Å². The van der Waals surface area contributed by atoms with Crippen LogP contribution in [0.5, 0.6) is 0 Å². The van der Waals surface area contributed by atoms with Crippen LogP contribution >= 0.6 is 0 Å². The highest BCUT2D eigenvalue weighted by atomic mass is 16.5. The van der Waals surface area contributed by atoms with Gasteiger partial charge < -0.3 is 19.5 Å². The van der Waals surface area contributed by atoms with Gasteiger partial charge in [0.15, 0.2) is 5.82 Å². The number of aromatic nitrogens is 2. The Balaban J connectivity index is 2.17. The molecule has 1 aromatic carbocycles. The Morgan fingerprint density at radius 1 is 1.33 bits per heavy atom. The van der Waals surface area contributed by atoms with Crippen LogP contribution in [0.25, 0.3) is 11.0 Å². The molecule has 0 bridgehead atoms. The molecule has 7 nitrogen and oxygen atoms in total. The van der Waals surface area contributed by atoms with E-state index in [9.17, 15) is 9.59 Å². The maximum Gasteiger partial charge on any atom is 0.293 e. The second-order valence-electron chi connectivity index (χ2n) is 5.72. The second-order valence-corrected chi connectivity index (χ2v) is 5.72. The zero-order chi connectivity index (χ0) is 17.5. The van der Waals surface area contributed by atoms with E-state index in [0.29, 0.717) is 25.5 Å². The number of benzene rings is 1. The number of nitrogens with zero attached hydrogens (tertiary/aromatic N) is 3. The molecule has 1 heterocycles. The molecule has 0 unspecified atom stereocenters. The number of carbonyl (C=O) groups is 1. The summed E-state index contributed by atoms with van der Waals surface area (Å²) in [5.41, 5.74) is 1.28. The minimum Gasteiger partial charge on any atom is -0.385 e. The van der Waals surface area contributed by atoms with E-state index >= 15 is 0 Å². The monoisotopic (exact) mass is 332 g/mol. The maximum atomic E-state index is 12.6. The third kappa shape index (κ3) is 4.32. The van der Waals surface area contributed by atoms with Crippen LogP contribution < -0.4 is 15.8 Å². The fraction of sp³-hybridized carbons (Fsp3) is 0.471. The van der Waals surface area contributed by atoms with Gasteiger partial charge in [0.2, 0.25) is 5.91 Å². The molecule has 2 aromatic rings. The van der Waals surface area contributed by atoms with E-state index in [1.807, 2.05) is 24.3 Å². The molecule has 0 atom stereocenters. The molecule has 0 fully saturated rings. The molecule has 0 saturated carbocycles. The summed E-state index contributed by atoms with van der Waals surface area (Å²) in [7, 11) is 5.20. The fourth-order valence-corrected chi connectivity index (χ4v) is 2.44. The molecule has 1 N–H and O–H groups in total. The van der Waals surface area contributed by atoms with Crippen molar-refractivity contribution in [3.8, 4) is 0 Å². The summed E-state index contributed by atoms with van der Waals surface area (Å²) >= 11 is 0. The van der Waals surface area contributed by atoms with Crippen LogP contribution in [0.4, 0.5) is 5.82 Å². The number of nitrogens with one attached hydrogen (secondary N) is 1. The summed E-state index contributed by atoms with van der Waals surface area (Å²) in [6, 6.07) is 7.45.